The molecule has 6 heteroatoms. The van der Waals surface area contributed by atoms with E-state index in [2.05, 4.69) is 0 Å². The lowest BCUT2D eigenvalue weighted by Gasteiger charge is -2.25. The summed E-state index contributed by atoms with van der Waals surface area (Å²) in [5.74, 6) is 0. The summed E-state index contributed by atoms with van der Waals surface area (Å²) < 4.78 is 40.5. The third kappa shape index (κ3) is 3.60. The van der Waals surface area contributed by atoms with Crippen LogP contribution in [-0.4, -0.2) is 37.7 Å². The number of ether oxygens (including phenoxy) is 2. The van der Waals surface area contributed by atoms with Gasteiger partial charge < -0.3 is 9.47 Å². The summed E-state index contributed by atoms with van der Waals surface area (Å²) in [7, 11) is -4.25. The topological polar surface area (TPSA) is 72.8 Å². The van der Waals surface area contributed by atoms with Gasteiger partial charge in [-0.2, -0.15) is 8.42 Å². The summed E-state index contributed by atoms with van der Waals surface area (Å²) in [6.07, 6.45) is 0. The standard InChI is InChI=1S/C7H16O5S/c1-4-11-6-7(3,12-5-2)13(8,9)10/h4-6H2,1-3H3,(H,8,9,10). The van der Waals surface area contributed by atoms with E-state index in [4.69, 9.17) is 14.0 Å². The second-order valence-electron chi connectivity index (χ2n) is 2.68. The van der Waals surface area contributed by atoms with Gasteiger partial charge in [-0.25, -0.2) is 0 Å². The van der Waals surface area contributed by atoms with Crippen molar-refractivity contribution in [2.75, 3.05) is 19.8 Å². The molecule has 0 aromatic heterocycles. The van der Waals surface area contributed by atoms with E-state index in [-0.39, 0.29) is 13.2 Å². The van der Waals surface area contributed by atoms with Crippen molar-refractivity contribution in [3.63, 3.8) is 0 Å². The highest BCUT2D eigenvalue weighted by Gasteiger charge is 2.39. The van der Waals surface area contributed by atoms with Crippen molar-refractivity contribution in [3.05, 3.63) is 0 Å². The van der Waals surface area contributed by atoms with Gasteiger partial charge in [0.2, 0.25) is 4.93 Å². The lowest BCUT2D eigenvalue weighted by atomic mass is 10.4. The van der Waals surface area contributed by atoms with Crippen LogP contribution in [0.1, 0.15) is 20.8 Å². The third-order valence-electron chi connectivity index (χ3n) is 1.56. The summed E-state index contributed by atoms with van der Waals surface area (Å²) in [4.78, 5) is -1.65. The molecule has 0 spiro atoms. The molecule has 0 bridgehead atoms. The number of hydrogen-bond donors (Lipinski definition) is 1. The zero-order valence-electron chi connectivity index (χ0n) is 8.11. The van der Waals surface area contributed by atoms with E-state index >= 15 is 0 Å². The minimum Gasteiger partial charge on any atom is -0.378 e. The van der Waals surface area contributed by atoms with Gasteiger partial charge in [-0.1, -0.05) is 0 Å². The van der Waals surface area contributed by atoms with E-state index in [0.29, 0.717) is 6.61 Å². The van der Waals surface area contributed by atoms with E-state index < -0.39 is 15.1 Å². The van der Waals surface area contributed by atoms with Crippen LogP contribution < -0.4 is 0 Å². The average Bonchev–Trinajstić information content (AvgIpc) is 1.99. The van der Waals surface area contributed by atoms with Gasteiger partial charge in [0.1, 0.15) is 0 Å². The van der Waals surface area contributed by atoms with Crippen LogP contribution in [0.5, 0.6) is 0 Å². The largest absolute Gasteiger partial charge is 0.378 e. The molecule has 0 heterocycles. The van der Waals surface area contributed by atoms with Crippen LogP contribution in [0.3, 0.4) is 0 Å². The van der Waals surface area contributed by atoms with Gasteiger partial charge >= 0.3 is 0 Å². The molecule has 0 aliphatic carbocycles. The summed E-state index contributed by atoms with van der Waals surface area (Å²) in [5.41, 5.74) is 0. The Morgan fingerprint density at radius 1 is 1.31 bits per heavy atom. The Hall–Kier alpha value is -0.170. The van der Waals surface area contributed by atoms with Crippen LogP contribution in [0.15, 0.2) is 0 Å². The van der Waals surface area contributed by atoms with E-state index in [9.17, 15) is 8.42 Å². The molecule has 1 N–H and O–H groups in total. The minimum atomic E-state index is -4.25. The molecule has 1 atom stereocenters. The van der Waals surface area contributed by atoms with Crippen molar-refractivity contribution in [1.82, 2.24) is 0 Å². The number of rotatable bonds is 6. The molecule has 0 radical (unpaired) electrons. The fourth-order valence-corrected chi connectivity index (χ4v) is 1.28. The molecular formula is C7H16O5S. The quantitative estimate of drug-likeness (QED) is 0.655. The van der Waals surface area contributed by atoms with Crippen LogP contribution in [0.2, 0.25) is 0 Å². The molecule has 0 aliphatic heterocycles. The first-order valence-electron chi connectivity index (χ1n) is 4.06. The van der Waals surface area contributed by atoms with E-state index in [0.717, 1.165) is 0 Å². The summed E-state index contributed by atoms with van der Waals surface area (Å²) in [6.45, 7) is 5.06. The second-order valence-corrected chi connectivity index (χ2v) is 4.49. The summed E-state index contributed by atoms with van der Waals surface area (Å²) in [5, 5.41) is 0. The molecule has 0 fully saturated rings. The van der Waals surface area contributed by atoms with E-state index in [1.165, 1.54) is 6.92 Å². The smallest absolute Gasteiger partial charge is 0.297 e. The molecule has 0 saturated heterocycles. The van der Waals surface area contributed by atoms with Crippen LogP contribution in [-0.2, 0) is 19.6 Å². The molecule has 1 unspecified atom stereocenters. The van der Waals surface area contributed by atoms with Gasteiger partial charge in [-0.05, 0) is 20.8 Å². The van der Waals surface area contributed by atoms with Gasteiger partial charge in [-0.3, -0.25) is 4.55 Å². The zero-order valence-corrected chi connectivity index (χ0v) is 8.93. The minimum absolute atomic E-state index is 0.170. The predicted octanol–water partition coefficient (Wildman–Crippen LogP) is 0.663. The molecule has 0 aliphatic rings. The van der Waals surface area contributed by atoms with Crippen molar-refractivity contribution < 1.29 is 22.4 Å². The van der Waals surface area contributed by atoms with Crippen LogP contribution in [0.25, 0.3) is 0 Å². The first kappa shape index (κ1) is 12.8. The lowest BCUT2D eigenvalue weighted by molar-refractivity contribution is -0.0315. The highest BCUT2D eigenvalue weighted by molar-refractivity contribution is 7.87. The maximum Gasteiger partial charge on any atom is 0.297 e. The van der Waals surface area contributed by atoms with Gasteiger partial charge in [-0.15, -0.1) is 0 Å². The Balaban J connectivity index is 4.53. The van der Waals surface area contributed by atoms with E-state index in [1.54, 1.807) is 13.8 Å². The Morgan fingerprint density at radius 2 is 1.85 bits per heavy atom. The van der Waals surface area contributed by atoms with Gasteiger partial charge in [0.25, 0.3) is 10.1 Å². The first-order chi connectivity index (χ1) is 5.87. The zero-order chi connectivity index (χ0) is 10.5. The first-order valence-corrected chi connectivity index (χ1v) is 5.50. The summed E-state index contributed by atoms with van der Waals surface area (Å²) in [6, 6.07) is 0. The fourth-order valence-electron chi connectivity index (χ4n) is 0.783. The Kier molecular flexibility index (Phi) is 4.83. The van der Waals surface area contributed by atoms with Crippen molar-refractivity contribution in [1.29, 1.82) is 0 Å². The SMILES string of the molecule is CCOCC(C)(OCC)S(=O)(=O)O. The maximum absolute atomic E-state index is 10.9. The Bertz CT molecular complexity index is 235. The molecular weight excluding hydrogens is 196 g/mol. The molecule has 5 nitrogen and oxygen atoms in total. The Labute approximate surface area is 78.8 Å². The fraction of sp³-hybridized carbons (Fsp3) is 1.00. The molecule has 0 aromatic rings. The maximum atomic E-state index is 10.9. The molecule has 80 valence electrons. The molecule has 0 saturated carbocycles. The molecule has 13 heavy (non-hydrogen) atoms. The van der Waals surface area contributed by atoms with Crippen LogP contribution in [0, 0.1) is 0 Å². The monoisotopic (exact) mass is 212 g/mol. The van der Waals surface area contributed by atoms with Crippen molar-refractivity contribution in [2.45, 2.75) is 25.7 Å². The summed E-state index contributed by atoms with van der Waals surface area (Å²) >= 11 is 0. The van der Waals surface area contributed by atoms with Gasteiger partial charge in [0.15, 0.2) is 0 Å². The highest BCUT2D eigenvalue weighted by Crippen LogP contribution is 2.17. The van der Waals surface area contributed by atoms with Gasteiger partial charge in [0.05, 0.1) is 6.61 Å². The molecule has 0 aromatic carbocycles. The van der Waals surface area contributed by atoms with Crippen molar-refractivity contribution in [3.8, 4) is 0 Å². The lowest BCUT2D eigenvalue weighted by Crippen LogP contribution is -2.42. The predicted molar refractivity (Wildman–Crippen MR) is 48.1 cm³/mol. The van der Waals surface area contributed by atoms with E-state index in [1.807, 2.05) is 0 Å². The third-order valence-corrected chi connectivity index (χ3v) is 2.89. The number of hydrogen-bond acceptors (Lipinski definition) is 4. The molecule has 0 rings (SSSR count). The second kappa shape index (κ2) is 4.90. The average molecular weight is 212 g/mol. The Morgan fingerprint density at radius 3 is 2.15 bits per heavy atom. The van der Waals surface area contributed by atoms with Crippen LogP contribution in [0.4, 0.5) is 0 Å². The highest BCUT2D eigenvalue weighted by atomic mass is 32.2. The van der Waals surface area contributed by atoms with Crippen molar-refractivity contribution in [2.24, 2.45) is 0 Å². The molecule has 0 amide bonds. The van der Waals surface area contributed by atoms with Gasteiger partial charge in [0, 0.05) is 13.2 Å². The van der Waals surface area contributed by atoms with Crippen molar-refractivity contribution >= 4 is 10.1 Å². The normalized spacial score (nSPS) is 16.9. The van der Waals surface area contributed by atoms with Crippen LogP contribution >= 0.6 is 0 Å².